The molecule has 0 bridgehead atoms. The monoisotopic (exact) mass is 642 g/mol. The molecule has 9 rings (SSSR count). The van der Waals surface area contributed by atoms with Crippen molar-refractivity contribution in [3.63, 3.8) is 0 Å². The molecule has 9 aromatic rings. The first-order valence-electron chi connectivity index (χ1n) is 16.5. The van der Waals surface area contributed by atoms with Gasteiger partial charge in [-0.15, -0.1) is 11.3 Å². The van der Waals surface area contributed by atoms with Crippen LogP contribution in [0, 0.1) is 0 Å². The Balaban J connectivity index is 1.21. The van der Waals surface area contributed by atoms with E-state index in [0.29, 0.717) is 5.82 Å². The van der Waals surface area contributed by atoms with Crippen LogP contribution in [0.15, 0.2) is 182 Å². The quantitative estimate of drug-likeness (QED) is 0.180. The van der Waals surface area contributed by atoms with Gasteiger partial charge in [0.1, 0.15) is 0 Å². The fourth-order valence-electron chi connectivity index (χ4n) is 6.65. The molecule has 0 aliphatic rings. The first kappa shape index (κ1) is 29.0. The number of thiophene rings is 1. The van der Waals surface area contributed by atoms with E-state index >= 15 is 0 Å². The smallest absolute Gasteiger partial charge is 0.160 e. The van der Waals surface area contributed by atoms with Gasteiger partial charge in [0.05, 0.1) is 11.4 Å². The van der Waals surface area contributed by atoms with Crippen molar-refractivity contribution in [2.24, 2.45) is 0 Å². The van der Waals surface area contributed by atoms with Gasteiger partial charge in [0, 0.05) is 36.9 Å². The van der Waals surface area contributed by atoms with Gasteiger partial charge < -0.3 is 0 Å². The Bertz CT molecular complexity index is 2530. The van der Waals surface area contributed by atoms with Gasteiger partial charge in [-0.25, -0.2) is 9.97 Å². The second kappa shape index (κ2) is 12.5. The first-order valence-corrected chi connectivity index (χ1v) is 17.3. The van der Waals surface area contributed by atoms with Gasteiger partial charge in [-0.05, 0) is 69.8 Å². The zero-order chi connectivity index (χ0) is 32.6. The van der Waals surface area contributed by atoms with E-state index in [4.69, 9.17) is 9.97 Å². The predicted molar refractivity (Wildman–Crippen MR) is 208 cm³/mol. The Morgan fingerprint density at radius 1 is 0.306 bits per heavy atom. The van der Waals surface area contributed by atoms with Gasteiger partial charge in [-0.1, -0.05) is 146 Å². The average Bonchev–Trinajstić information content (AvgIpc) is 3.57. The van der Waals surface area contributed by atoms with Crippen molar-refractivity contribution in [1.82, 2.24) is 9.97 Å². The minimum Gasteiger partial charge on any atom is -0.228 e. The third-order valence-electron chi connectivity index (χ3n) is 9.11. The summed E-state index contributed by atoms with van der Waals surface area (Å²) in [6.07, 6.45) is 0. The highest BCUT2D eigenvalue weighted by atomic mass is 32.1. The minimum absolute atomic E-state index is 0.712. The molecule has 0 aliphatic heterocycles. The maximum Gasteiger partial charge on any atom is 0.160 e. The molecule has 7 aromatic carbocycles. The second-order valence-electron chi connectivity index (χ2n) is 12.2. The molecule has 0 amide bonds. The van der Waals surface area contributed by atoms with Crippen LogP contribution in [0.5, 0.6) is 0 Å². The Hall–Kier alpha value is -6.16. The zero-order valence-corrected chi connectivity index (χ0v) is 27.4. The number of hydrogen-bond acceptors (Lipinski definition) is 3. The zero-order valence-electron chi connectivity index (χ0n) is 26.6. The molecule has 2 aromatic heterocycles. The summed E-state index contributed by atoms with van der Waals surface area (Å²) in [5.74, 6) is 0.712. The van der Waals surface area contributed by atoms with E-state index in [1.54, 1.807) is 0 Å². The molecular formula is C46H30N2S. The van der Waals surface area contributed by atoms with E-state index in [9.17, 15) is 0 Å². The van der Waals surface area contributed by atoms with E-state index in [-0.39, 0.29) is 0 Å². The molecule has 0 aliphatic carbocycles. The summed E-state index contributed by atoms with van der Waals surface area (Å²) in [5.41, 5.74) is 12.0. The van der Waals surface area contributed by atoms with Crippen molar-refractivity contribution in [3.8, 4) is 67.3 Å². The van der Waals surface area contributed by atoms with Crippen LogP contribution in [0.1, 0.15) is 0 Å². The van der Waals surface area contributed by atoms with Crippen LogP contribution < -0.4 is 0 Å². The van der Waals surface area contributed by atoms with E-state index in [0.717, 1.165) is 39.2 Å². The normalized spacial score (nSPS) is 11.3. The van der Waals surface area contributed by atoms with Crippen LogP contribution >= 0.6 is 11.3 Å². The second-order valence-corrected chi connectivity index (χ2v) is 13.3. The van der Waals surface area contributed by atoms with E-state index in [2.05, 4.69) is 158 Å². The van der Waals surface area contributed by atoms with Crippen LogP contribution in [-0.4, -0.2) is 9.97 Å². The molecule has 0 N–H and O–H groups in total. The molecule has 0 spiro atoms. The van der Waals surface area contributed by atoms with Gasteiger partial charge in [0.25, 0.3) is 0 Å². The minimum atomic E-state index is 0.712. The fourth-order valence-corrected chi connectivity index (χ4v) is 7.74. The number of nitrogens with zero attached hydrogens (tertiary/aromatic N) is 2. The summed E-state index contributed by atoms with van der Waals surface area (Å²) in [6, 6.07) is 64.5. The average molecular weight is 643 g/mol. The number of hydrogen-bond donors (Lipinski definition) is 0. The summed E-state index contributed by atoms with van der Waals surface area (Å²) in [7, 11) is 0. The molecule has 0 saturated carbocycles. The van der Waals surface area contributed by atoms with Gasteiger partial charge in [-0.2, -0.15) is 0 Å². The Kier molecular flexibility index (Phi) is 7.38. The first-order chi connectivity index (χ1) is 24.3. The van der Waals surface area contributed by atoms with Crippen molar-refractivity contribution >= 4 is 31.5 Å². The molecule has 2 nitrogen and oxygen atoms in total. The molecule has 0 atom stereocenters. The van der Waals surface area contributed by atoms with E-state index < -0.39 is 0 Å². The number of fused-ring (bicyclic) bond motifs is 3. The van der Waals surface area contributed by atoms with Gasteiger partial charge in [-0.3, -0.25) is 0 Å². The highest BCUT2D eigenvalue weighted by molar-refractivity contribution is 7.25. The molecule has 49 heavy (non-hydrogen) atoms. The van der Waals surface area contributed by atoms with Crippen molar-refractivity contribution < 1.29 is 0 Å². The highest BCUT2D eigenvalue weighted by Gasteiger charge is 2.15. The number of benzene rings is 7. The largest absolute Gasteiger partial charge is 0.228 e. The van der Waals surface area contributed by atoms with Crippen molar-refractivity contribution in [2.45, 2.75) is 0 Å². The van der Waals surface area contributed by atoms with Crippen LogP contribution in [0.2, 0.25) is 0 Å². The summed E-state index contributed by atoms with van der Waals surface area (Å²) < 4.78 is 2.64. The predicted octanol–water partition coefficient (Wildman–Crippen LogP) is 12.8. The third kappa shape index (κ3) is 5.61. The molecule has 0 saturated heterocycles. The lowest BCUT2D eigenvalue weighted by molar-refractivity contribution is 1.18. The van der Waals surface area contributed by atoms with Crippen LogP contribution in [-0.2, 0) is 0 Å². The Morgan fingerprint density at radius 2 is 0.878 bits per heavy atom. The molecule has 0 radical (unpaired) electrons. The van der Waals surface area contributed by atoms with Crippen molar-refractivity contribution in [1.29, 1.82) is 0 Å². The Morgan fingerprint density at radius 3 is 1.65 bits per heavy atom. The van der Waals surface area contributed by atoms with Gasteiger partial charge in [0.2, 0.25) is 0 Å². The summed E-state index contributed by atoms with van der Waals surface area (Å²) in [5, 5.41) is 2.62. The maximum atomic E-state index is 5.14. The lowest BCUT2D eigenvalue weighted by atomic mass is 9.90. The van der Waals surface area contributed by atoms with Crippen molar-refractivity contribution in [3.05, 3.63) is 182 Å². The SMILES string of the molecule is c1ccc(-c2cc(-c3ccc(-c4ccccc4)c(-c4cccc(-c5ccc6sc7ccccc7c6c5)c4)c3)nc(-c3ccccc3)n2)cc1. The highest BCUT2D eigenvalue weighted by Crippen LogP contribution is 2.40. The molecule has 0 unspecified atom stereocenters. The van der Waals surface area contributed by atoms with E-state index in [1.165, 1.54) is 42.4 Å². The lowest BCUT2D eigenvalue weighted by Crippen LogP contribution is -1.96. The number of aromatic nitrogens is 2. The van der Waals surface area contributed by atoms with E-state index in [1.807, 2.05) is 35.6 Å². The van der Waals surface area contributed by atoms with Crippen LogP contribution in [0.25, 0.3) is 87.5 Å². The standard InChI is InChI=1S/C46H30N2S/c1-4-13-31(14-5-1)38-25-23-37(43-30-42(32-15-6-2-7-16-32)47-46(48-43)33-17-8-3-9-18-33)29-40(38)36-20-12-19-34(27-36)35-24-26-45-41(28-35)39-21-10-11-22-44(39)49-45/h1-30H. The summed E-state index contributed by atoms with van der Waals surface area (Å²) in [6.45, 7) is 0. The van der Waals surface area contributed by atoms with Gasteiger partial charge in [0.15, 0.2) is 5.82 Å². The Labute approximate surface area is 289 Å². The lowest BCUT2D eigenvalue weighted by Gasteiger charge is -2.15. The topological polar surface area (TPSA) is 25.8 Å². The van der Waals surface area contributed by atoms with Crippen LogP contribution in [0.3, 0.4) is 0 Å². The summed E-state index contributed by atoms with van der Waals surface area (Å²) in [4.78, 5) is 10.2. The maximum absolute atomic E-state index is 5.14. The molecule has 0 fully saturated rings. The fraction of sp³-hybridized carbons (Fsp3) is 0. The van der Waals surface area contributed by atoms with Crippen LogP contribution in [0.4, 0.5) is 0 Å². The molecule has 230 valence electrons. The van der Waals surface area contributed by atoms with Crippen molar-refractivity contribution in [2.75, 3.05) is 0 Å². The molecule has 2 heterocycles. The summed E-state index contributed by atoms with van der Waals surface area (Å²) >= 11 is 1.85. The molecule has 3 heteroatoms. The number of rotatable bonds is 6. The molecular weight excluding hydrogens is 613 g/mol. The third-order valence-corrected chi connectivity index (χ3v) is 10.3. The van der Waals surface area contributed by atoms with Gasteiger partial charge >= 0.3 is 0 Å².